The van der Waals surface area contributed by atoms with Gasteiger partial charge in [0.15, 0.2) is 0 Å². The lowest BCUT2D eigenvalue weighted by molar-refractivity contribution is 0.181. The Morgan fingerprint density at radius 1 is 0.867 bits per heavy atom. The van der Waals surface area contributed by atoms with Gasteiger partial charge in [0.2, 0.25) is 3.79 Å². The van der Waals surface area contributed by atoms with Gasteiger partial charge in [-0.25, -0.2) is 4.39 Å². The summed E-state index contributed by atoms with van der Waals surface area (Å²) in [6.07, 6.45) is -1.36. The topological polar surface area (TPSA) is 25.2 Å². The van der Waals surface area contributed by atoms with Crippen LogP contribution in [0.15, 0.2) is 54.6 Å². The first kappa shape index (κ1) is 23.1. The van der Waals surface area contributed by atoms with Crippen LogP contribution in [0.25, 0.3) is 22.4 Å². The van der Waals surface area contributed by atoms with Crippen molar-refractivity contribution in [3.05, 3.63) is 71.7 Å². The van der Waals surface area contributed by atoms with E-state index < -0.39 is 9.90 Å². The lowest BCUT2D eigenvalue weighted by Crippen LogP contribution is -2.19. The molecule has 0 aliphatic heterocycles. The third-order valence-electron chi connectivity index (χ3n) is 5.11. The maximum absolute atomic E-state index is 13.7. The van der Waals surface area contributed by atoms with Gasteiger partial charge in [0.05, 0.1) is 5.69 Å². The quantitative estimate of drug-likeness (QED) is 0.376. The summed E-state index contributed by atoms with van der Waals surface area (Å²) in [5, 5.41) is 11.2. The molecule has 0 radical (unpaired) electrons. The minimum absolute atomic E-state index is 0.0426. The predicted octanol–water partition coefficient (Wildman–Crippen LogP) is 8.07. The Balaban J connectivity index is 2.53. The SMILES string of the molecule is CC(C)c1c(C(O)C(Cl)(Cl)Cl)c(-c2ccc(F)cc2)c(-c2ccccc2)n1C(C)C. The van der Waals surface area contributed by atoms with Crippen LogP contribution in [0.3, 0.4) is 0 Å². The van der Waals surface area contributed by atoms with E-state index in [1.807, 2.05) is 44.2 Å². The van der Waals surface area contributed by atoms with E-state index in [2.05, 4.69) is 18.4 Å². The molecule has 1 unspecified atom stereocenters. The second kappa shape index (κ2) is 8.92. The van der Waals surface area contributed by atoms with E-state index in [4.69, 9.17) is 34.8 Å². The van der Waals surface area contributed by atoms with Crippen LogP contribution in [0, 0.1) is 5.82 Å². The third-order valence-corrected chi connectivity index (χ3v) is 5.73. The smallest absolute Gasteiger partial charge is 0.220 e. The van der Waals surface area contributed by atoms with E-state index in [-0.39, 0.29) is 17.8 Å². The molecule has 30 heavy (non-hydrogen) atoms. The normalized spacial score (nSPS) is 13.3. The molecule has 160 valence electrons. The van der Waals surface area contributed by atoms with Crippen LogP contribution in [-0.4, -0.2) is 13.5 Å². The highest BCUT2D eigenvalue weighted by Gasteiger charge is 2.40. The van der Waals surface area contributed by atoms with E-state index in [9.17, 15) is 9.50 Å². The van der Waals surface area contributed by atoms with Crippen LogP contribution in [0.1, 0.15) is 57.0 Å². The molecule has 1 atom stereocenters. The molecule has 3 rings (SSSR count). The van der Waals surface area contributed by atoms with E-state index in [1.165, 1.54) is 12.1 Å². The molecule has 0 spiro atoms. The first-order valence-corrected chi connectivity index (χ1v) is 11.0. The highest BCUT2D eigenvalue weighted by molar-refractivity contribution is 6.68. The van der Waals surface area contributed by atoms with Crippen molar-refractivity contribution in [2.24, 2.45) is 0 Å². The number of hydrogen-bond donors (Lipinski definition) is 1. The van der Waals surface area contributed by atoms with E-state index >= 15 is 0 Å². The van der Waals surface area contributed by atoms with Crippen molar-refractivity contribution in [3.63, 3.8) is 0 Å². The Kier molecular flexibility index (Phi) is 6.88. The molecule has 1 N–H and O–H groups in total. The summed E-state index contributed by atoms with van der Waals surface area (Å²) < 4.78 is 14.0. The van der Waals surface area contributed by atoms with Crippen LogP contribution < -0.4 is 0 Å². The van der Waals surface area contributed by atoms with Gasteiger partial charge in [-0.3, -0.25) is 0 Å². The molecule has 0 saturated carbocycles. The zero-order chi connectivity index (χ0) is 22.2. The van der Waals surface area contributed by atoms with Gasteiger partial charge in [-0.1, -0.05) is 91.1 Å². The molecular weight excluding hydrogens is 444 g/mol. The molecule has 0 bridgehead atoms. The van der Waals surface area contributed by atoms with Gasteiger partial charge in [-0.05, 0) is 43.0 Å². The molecule has 0 fully saturated rings. The second-order valence-electron chi connectivity index (χ2n) is 7.96. The van der Waals surface area contributed by atoms with E-state index in [0.29, 0.717) is 5.56 Å². The van der Waals surface area contributed by atoms with Gasteiger partial charge in [0, 0.05) is 22.9 Å². The van der Waals surface area contributed by atoms with Crippen molar-refractivity contribution in [3.8, 4) is 22.4 Å². The Hall–Kier alpha value is -1.52. The number of benzene rings is 2. The molecule has 1 heterocycles. The fourth-order valence-electron chi connectivity index (χ4n) is 3.98. The van der Waals surface area contributed by atoms with Crippen LogP contribution >= 0.6 is 34.8 Å². The van der Waals surface area contributed by atoms with Gasteiger partial charge < -0.3 is 9.67 Å². The zero-order valence-electron chi connectivity index (χ0n) is 17.3. The molecule has 0 amide bonds. The minimum Gasteiger partial charge on any atom is -0.384 e. The average Bonchev–Trinajstić information content (AvgIpc) is 3.04. The lowest BCUT2D eigenvalue weighted by Gasteiger charge is -2.24. The number of alkyl halides is 3. The maximum atomic E-state index is 13.7. The van der Waals surface area contributed by atoms with Crippen LogP contribution in [0.2, 0.25) is 0 Å². The molecule has 6 heteroatoms. The van der Waals surface area contributed by atoms with E-state index in [0.717, 1.165) is 28.1 Å². The summed E-state index contributed by atoms with van der Waals surface area (Å²) in [6.45, 7) is 8.26. The van der Waals surface area contributed by atoms with Crippen molar-refractivity contribution >= 4 is 34.8 Å². The van der Waals surface area contributed by atoms with Gasteiger partial charge >= 0.3 is 0 Å². The second-order valence-corrected chi connectivity index (χ2v) is 10.3. The van der Waals surface area contributed by atoms with Crippen molar-refractivity contribution in [1.29, 1.82) is 0 Å². The lowest BCUT2D eigenvalue weighted by atomic mass is 9.92. The standard InChI is InChI=1S/C24H25Cl3FNO/c1-14(2)21-20(23(30)24(25,26)27)19(16-10-12-18(28)13-11-16)22(29(21)15(3)4)17-8-6-5-7-9-17/h5-15,23,30H,1-4H3. The zero-order valence-corrected chi connectivity index (χ0v) is 19.6. The Bertz CT molecular complexity index is 1010. The van der Waals surface area contributed by atoms with Crippen molar-refractivity contribution in [2.45, 2.75) is 49.6 Å². The van der Waals surface area contributed by atoms with Gasteiger partial charge in [-0.15, -0.1) is 0 Å². The number of hydrogen-bond acceptors (Lipinski definition) is 1. The Labute approximate surface area is 192 Å². The van der Waals surface area contributed by atoms with Crippen molar-refractivity contribution in [2.75, 3.05) is 0 Å². The molecule has 3 aromatic rings. The van der Waals surface area contributed by atoms with Gasteiger partial charge in [0.1, 0.15) is 11.9 Å². The first-order valence-electron chi connectivity index (χ1n) is 9.88. The third kappa shape index (κ3) is 4.40. The molecule has 0 aliphatic carbocycles. The number of nitrogens with zero attached hydrogens (tertiary/aromatic N) is 1. The molecule has 2 nitrogen and oxygen atoms in total. The average molecular weight is 469 g/mol. The summed E-state index contributed by atoms with van der Waals surface area (Å²) in [5.41, 5.74) is 4.82. The van der Waals surface area contributed by atoms with Crippen molar-refractivity contribution in [1.82, 2.24) is 4.57 Å². The summed E-state index contributed by atoms with van der Waals surface area (Å²) >= 11 is 18.5. The Morgan fingerprint density at radius 3 is 1.90 bits per heavy atom. The summed E-state index contributed by atoms with van der Waals surface area (Å²) in [6, 6.07) is 16.2. The number of aliphatic hydroxyl groups is 1. The number of halogens is 4. The number of aliphatic hydroxyl groups excluding tert-OH is 1. The highest BCUT2D eigenvalue weighted by atomic mass is 35.6. The Morgan fingerprint density at radius 2 is 1.43 bits per heavy atom. The minimum atomic E-state index is -1.92. The van der Waals surface area contributed by atoms with Crippen LogP contribution in [-0.2, 0) is 0 Å². The molecule has 2 aromatic carbocycles. The van der Waals surface area contributed by atoms with E-state index in [1.54, 1.807) is 12.1 Å². The largest absolute Gasteiger partial charge is 0.384 e. The number of rotatable bonds is 5. The van der Waals surface area contributed by atoms with Gasteiger partial charge in [0.25, 0.3) is 0 Å². The fraction of sp³-hybridized carbons (Fsp3) is 0.333. The fourth-order valence-corrected chi connectivity index (χ4v) is 4.31. The molecular formula is C24H25Cl3FNO. The molecule has 0 saturated heterocycles. The van der Waals surface area contributed by atoms with Crippen molar-refractivity contribution < 1.29 is 9.50 Å². The number of aromatic nitrogens is 1. The monoisotopic (exact) mass is 467 g/mol. The molecule has 0 aliphatic rings. The predicted molar refractivity (Wildman–Crippen MR) is 125 cm³/mol. The maximum Gasteiger partial charge on any atom is 0.220 e. The van der Waals surface area contributed by atoms with Crippen LogP contribution in [0.5, 0.6) is 0 Å². The first-order chi connectivity index (χ1) is 14.0. The molecule has 1 aromatic heterocycles. The van der Waals surface area contributed by atoms with Crippen LogP contribution in [0.4, 0.5) is 4.39 Å². The summed E-state index contributed by atoms with van der Waals surface area (Å²) in [4.78, 5) is 0. The summed E-state index contributed by atoms with van der Waals surface area (Å²) in [7, 11) is 0. The van der Waals surface area contributed by atoms with Gasteiger partial charge in [-0.2, -0.15) is 0 Å². The highest BCUT2D eigenvalue weighted by Crippen LogP contribution is 2.51. The summed E-state index contributed by atoms with van der Waals surface area (Å²) in [5.74, 6) is -0.295.